The Hall–Kier alpha value is -1.44. The average Bonchev–Trinajstić information content (AvgIpc) is 2.73. The number of rotatable bonds is 3. The first-order chi connectivity index (χ1) is 12.2. The Morgan fingerprint density at radius 1 is 1.46 bits per heavy atom. The Balaban J connectivity index is 2.02. The van der Waals surface area contributed by atoms with E-state index in [0.717, 1.165) is 0 Å². The van der Waals surface area contributed by atoms with Crippen LogP contribution in [0.25, 0.3) is 0 Å². The zero-order valence-corrected chi connectivity index (χ0v) is 15.8. The minimum atomic E-state index is -1.26. The van der Waals surface area contributed by atoms with Crippen molar-refractivity contribution in [2.75, 3.05) is 6.61 Å². The Morgan fingerprint density at radius 2 is 2.15 bits per heavy atom. The van der Waals surface area contributed by atoms with E-state index < -0.39 is 30.1 Å². The van der Waals surface area contributed by atoms with Crippen LogP contribution in [0.2, 0.25) is 0 Å². The number of aliphatic hydroxyl groups is 1. The predicted molar refractivity (Wildman–Crippen MR) is 90.6 cm³/mol. The molecule has 0 unspecified atom stereocenters. The maximum absolute atomic E-state index is 12.0. The monoisotopic (exact) mass is 368 g/mol. The second kappa shape index (κ2) is 6.94. The molecular formula is C19H28O7. The molecule has 2 aliphatic heterocycles. The molecule has 146 valence electrons. The minimum absolute atomic E-state index is 0.0135. The molecule has 1 aliphatic carbocycles. The maximum atomic E-state index is 12.0. The number of carbonyl (C=O) groups is 2. The van der Waals surface area contributed by atoms with Crippen molar-refractivity contribution in [3.63, 3.8) is 0 Å². The lowest BCUT2D eigenvalue weighted by Crippen LogP contribution is -2.60. The molecule has 2 saturated heterocycles. The van der Waals surface area contributed by atoms with E-state index in [1.807, 2.05) is 20.8 Å². The predicted octanol–water partition coefficient (Wildman–Crippen LogP) is 1.78. The van der Waals surface area contributed by atoms with Crippen molar-refractivity contribution in [2.24, 2.45) is 23.2 Å². The van der Waals surface area contributed by atoms with Crippen LogP contribution < -0.4 is 0 Å². The van der Waals surface area contributed by atoms with Gasteiger partial charge in [-0.05, 0) is 25.7 Å². The van der Waals surface area contributed by atoms with Crippen LogP contribution in [-0.4, -0.2) is 48.4 Å². The lowest BCUT2D eigenvalue weighted by atomic mass is 9.64. The van der Waals surface area contributed by atoms with Crippen LogP contribution in [0, 0.1) is 23.2 Å². The van der Waals surface area contributed by atoms with Crippen LogP contribution in [0.15, 0.2) is 12.2 Å². The molecule has 0 aromatic rings. The topological polar surface area (TPSA) is 91.3 Å². The maximum Gasteiger partial charge on any atom is 0.334 e. The Labute approximate surface area is 153 Å². The number of aliphatic hydroxyl groups excluding tert-OH is 1. The van der Waals surface area contributed by atoms with Crippen LogP contribution in [0.4, 0.5) is 0 Å². The van der Waals surface area contributed by atoms with E-state index >= 15 is 0 Å². The van der Waals surface area contributed by atoms with Gasteiger partial charge in [-0.1, -0.05) is 20.4 Å². The van der Waals surface area contributed by atoms with E-state index in [1.165, 1.54) is 6.92 Å². The molecule has 0 spiro atoms. The second-order valence-corrected chi connectivity index (χ2v) is 7.91. The lowest BCUT2D eigenvalue weighted by Gasteiger charge is -2.52. The third-order valence-electron chi connectivity index (χ3n) is 6.11. The van der Waals surface area contributed by atoms with Gasteiger partial charge in [0.1, 0.15) is 6.10 Å². The Bertz CT molecular complexity index is 603. The SMILES string of the molecule is C=C1C(=O)O[C@@H]2C[C@@H](C)[C@@H]3[C@@H](OC(C)=O)[C@H](O)O[C@H](OCC)[C@@]3(C)C[C@H]12. The van der Waals surface area contributed by atoms with Gasteiger partial charge in [0.2, 0.25) is 0 Å². The fraction of sp³-hybridized carbons (Fsp3) is 0.789. The summed E-state index contributed by atoms with van der Waals surface area (Å²) >= 11 is 0. The molecule has 0 amide bonds. The van der Waals surface area contributed by atoms with E-state index in [0.29, 0.717) is 25.0 Å². The molecule has 0 aromatic heterocycles. The standard InChI is InChI=1S/C19H28O7/c1-6-23-18-19(5)8-12-10(3)16(21)25-13(12)7-9(2)14(19)15(17(22)26-18)24-11(4)20/h9,12-15,17-18,22H,3,6-8H2,1-2,4-5H3/t9-,12-,13-,14-,15-,17-,18+,19+/m1/s1. The molecule has 0 bridgehead atoms. The van der Waals surface area contributed by atoms with Crippen molar-refractivity contribution >= 4 is 11.9 Å². The fourth-order valence-electron chi connectivity index (χ4n) is 5.10. The van der Waals surface area contributed by atoms with Gasteiger partial charge in [0.25, 0.3) is 0 Å². The summed E-state index contributed by atoms with van der Waals surface area (Å²) in [6, 6.07) is 0. The van der Waals surface area contributed by atoms with Crippen LogP contribution in [0.3, 0.4) is 0 Å². The Morgan fingerprint density at radius 3 is 2.77 bits per heavy atom. The highest BCUT2D eigenvalue weighted by molar-refractivity contribution is 5.90. The minimum Gasteiger partial charge on any atom is -0.458 e. The van der Waals surface area contributed by atoms with E-state index in [4.69, 9.17) is 18.9 Å². The van der Waals surface area contributed by atoms with E-state index in [-0.39, 0.29) is 29.8 Å². The normalized spacial score (nSPS) is 45.3. The number of fused-ring (bicyclic) bond motifs is 2. The molecule has 2 heterocycles. The van der Waals surface area contributed by atoms with Gasteiger partial charge in [-0.25, -0.2) is 4.79 Å². The van der Waals surface area contributed by atoms with Gasteiger partial charge in [-0.15, -0.1) is 0 Å². The van der Waals surface area contributed by atoms with Crippen molar-refractivity contribution < 1.29 is 33.6 Å². The molecule has 8 atom stereocenters. The van der Waals surface area contributed by atoms with Gasteiger partial charge in [0, 0.05) is 36.4 Å². The third kappa shape index (κ3) is 3.06. The first-order valence-corrected chi connectivity index (χ1v) is 9.21. The van der Waals surface area contributed by atoms with Gasteiger partial charge in [0.15, 0.2) is 18.7 Å². The van der Waals surface area contributed by atoms with E-state index in [2.05, 4.69) is 6.58 Å². The molecule has 7 heteroatoms. The van der Waals surface area contributed by atoms with Gasteiger partial charge < -0.3 is 24.1 Å². The summed E-state index contributed by atoms with van der Waals surface area (Å²) in [6.07, 6.45) is -1.84. The van der Waals surface area contributed by atoms with Crippen LogP contribution in [0.1, 0.15) is 40.5 Å². The van der Waals surface area contributed by atoms with Gasteiger partial charge >= 0.3 is 11.9 Å². The first kappa shape index (κ1) is 19.3. The van der Waals surface area contributed by atoms with Crippen LogP contribution >= 0.6 is 0 Å². The first-order valence-electron chi connectivity index (χ1n) is 9.21. The smallest absolute Gasteiger partial charge is 0.334 e. The van der Waals surface area contributed by atoms with Gasteiger partial charge in [-0.3, -0.25) is 4.79 Å². The molecule has 3 aliphatic rings. The number of hydrogen-bond donors (Lipinski definition) is 1. The average molecular weight is 368 g/mol. The zero-order valence-electron chi connectivity index (χ0n) is 15.8. The van der Waals surface area contributed by atoms with Gasteiger partial charge in [0.05, 0.1) is 0 Å². The quantitative estimate of drug-likeness (QED) is 0.600. The number of hydrogen-bond acceptors (Lipinski definition) is 7. The van der Waals surface area contributed by atoms with Crippen molar-refractivity contribution in [1.82, 2.24) is 0 Å². The van der Waals surface area contributed by atoms with Crippen molar-refractivity contribution in [1.29, 1.82) is 0 Å². The lowest BCUT2D eigenvalue weighted by molar-refractivity contribution is -0.351. The summed E-state index contributed by atoms with van der Waals surface area (Å²) in [6.45, 7) is 11.5. The molecule has 0 radical (unpaired) electrons. The fourth-order valence-corrected chi connectivity index (χ4v) is 5.10. The summed E-state index contributed by atoms with van der Waals surface area (Å²) in [5.74, 6) is -1.15. The summed E-state index contributed by atoms with van der Waals surface area (Å²) in [5.41, 5.74) is -0.111. The molecule has 3 rings (SSSR count). The van der Waals surface area contributed by atoms with Crippen molar-refractivity contribution in [3.05, 3.63) is 12.2 Å². The van der Waals surface area contributed by atoms with Crippen LogP contribution in [0.5, 0.6) is 0 Å². The molecule has 1 saturated carbocycles. The molecular weight excluding hydrogens is 340 g/mol. The summed E-state index contributed by atoms with van der Waals surface area (Å²) in [5, 5.41) is 10.5. The van der Waals surface area contributed by atoms with Crippen LogP contribution in [-0.2, 0) is 28.5 Å². The highest BCUT2D eigenvalue weighted by atomic mass is 16.7. The third-order valence-corrected chi connectivity index (χ3v) is 6.11. The van der Waals surface area contributed by atoms with E-state index in [9.17, 15) is 14.7 Å². The molecule has 1 N–H and O–H groups in total. The second-order valence-electron chi connectivity index (χ2n) is 7.91. The molecule has 7 nitrogen and oxygen atoms in total. The largest absolute Gasteiger partial charge is 0.458 e. The molecule has 0 aromatic carbocycles. The summed E-state index contributed by atoms with van der Waals surface area (Å²) < 4.78 is 22.5. The number of esters is 2. The zero-order chi connectivity index (χ0) is 19.2. The van der Waals surface area contributed by atoms with E-state index in [1.54, 1.807) is 0 Å². The molecule has 26 heavy (non-hydrogen) atoms. The molecule has 3 fully saturated rings. The highest BCUT2D eigenvalue weighted by Gasteiger charge is 2.61. The summed E-state index contributed by atoms with van der Waals surface area (Å²) in [4.78, 5) is 23.6. The number of carbonyl (C=O) groups excluding carboxylic acids is 2. The Kier molecular flexibility index (Phi) is 5.16. The highest BCUT2D eigenvalue weighted by Crippen LogP contribution is 2.56. The summed E-state index contributed by atoms with van der Waals surface area (Å²) in [7, 11) is 0. The van der Waals surface area contributed by atoms with Crippen molar-refractivity contribution in [3.8, 4) is 0 Å². The van der Waals surface area contributed by atoms with Crippen molar-refractivity contribution in [2.45, 2.75) is 65.3 Å². The number of ether oxygens (including phenoxy) is 4. The van der Waals surface area contributed by atoms with Gasteiger partial charge in [-0.2, -0.15) is 0 Å².